The van der Waals surface area contributed by atoms with Crippen LogP contribution in [0.4, 0.5) is 18.9 Å². The van der Waals surface area contributed by atoms with E-state index in [1.165, 1.54) is 31.0 Å². The fourth-order valence-electron chi connectivity index (χ4n) is 2.68. The molecule has 1 atom stereocenters. The van der Waals surface area contributed by atoms with Crippen LogP contribution in [0.3, 0.4) is 0 Å². The zero-order valence-corrected chi connectivity index (χ0v) is 16.4. The molecule has 0 saturated carbocycles. The summed E-state index contributed by atoms with van der Waals surface area (Å²) in [5, 5.41) is 2.67. The van der Waals surface area contributed by atoms with Crippen LogP contribution in [0.5, 0.6) is 5.75 Å². The van der Waals surface area contributed by atoms with Gasteiger partial charge in [-0.1, -0.05) is 19.1 Å². The summed E-state index contributed by atoms with van der Waals surface area (Å²) in [7, 11) is 0. The normalized spacial score (nSPS) is 17.0. The van der Waals surface area contributed by atoms with Crippen molar-refractivity contribution in [3.63, 3.8) is 0 Å². The third-order valence-electron chi connectivity index (χ3n) is 3.72. The van der Waals surface area contributed by atoms with Crippen molar-refractivity contribution >= 4 is 35.6 Å². The maximum Gasteiger partial charge on any atom is 0.573 e. The van der Waals surface area contributed by atoms with Crippen molar-refractivity contribution in [2.75, 3.05) is 31.5 Å². The standard InChI is InChI=1S/C16H23F3N4O.HI/c1-12(11-23-8-4-5-9-23)10-21-15(20)22-13-6-2-3-7-14(13)24-16(17,18)19;/h2-3,6-7,12H,4-5,8-11H2,1H3,(H3,20,21,22);1H. The molecule has 1 saturated heterocycles. The minimum atomic E-state index is -4.76. The summed E-state index contributed by atoms with van der Waals surface area (Å²) in [6.45, 7) is 5.77. The molecule has 0 spiro atoms. The van der Waals surface area contributed by atoms with E-state index in [0.717, 1.165) is 19.6 Å². The number of para-hydroxylation sites is 2. The minimum Gasteiger partial charge on any atom is -0.404 e. The van der Waals surface area contributed by atoms with Gasteiger partial charge in [-0.25, -0.2) is 0 Å². The molecule has 0 amide bonds. The Bertz CT molecular complexity index is 563. The monoisotopic (exact) mass is 472 g/mol. The van der Waals surface area contributed by atoms with Gasteiger partial charge in [-0.3, -0.25) is 4.99 Å². The number of halogens is 4. The Kier molecular flexibility index (Phi) is 8.77. The molecule has 1 fully saturated rings. The molecule has 9 heteroatoms. The number of likely N-dealkylation sites (tertiary alicyclic amines) is 1. The van der Waals surface area contributed by atoms with Crippen LogP contribution in [-0.2, 0) is 0 Å². The van der Waals surface area contributed by atoms with Crippen LogP contribution in [0.1, 0.15) is 19.8 Å². The Labute approximate surface area is 162 Å². The zero-order valence-electron chi connectivity index (χ0n) is 14.1. The highest BCUT2D eigenvalue weighted by Crippen LogP contribution is 2.29. The third kappa shape index (κ3) is 8.13. The highest BCUT2D eigenvalue weighted by molar-refractivity contribution is 14.0. The van der Waals surface area contributed by atoms with Crippen molar-refractivity contribution < 1.29 is 17.9 Å². The molecule has 0 aromatic heterocycles. The van der Waals surface area contributed by atoms with Gasteiger partial charge in [-0.05, 0) is 44.0 Å². The number of hydrogen-bond donors (Lipinski definition) is 2. The van der Waals surface area contributed by atoms with Gasteiger partial charge >= 0.3 is 6.36 Å². The van der Waals surface area contributed by atoms with Crippen LogP contribution in [-0.4, -0.2) is 43.4 Å². The van der Waals surface area contributed by atoms with Gasteiger partial charge in [-0.15, -0.1) is 37.1 Å². The van der Waals surface area contributed by atoms with Gasteiger partial charge < -0.3 is 20.7 Å². The Morgan fingerprint density at radius 3 is 2.60 bits per heavy atom. The Morgan fingerprint density at radius 2 is 1.96 bits per heavy atom. The summed E-state index contributed by atoms with van der Waals surface area (Å²) in [5.74, 6) is 0.0554. The van der Waals surface area contributed by atoms with Crippen molar-refractivity contribution in [1.29, 1.82) is 0 Å². The molecule has 3 N–H and O–H groups in total. The summed E-state index contributed by atoms with van der Waals surface area (Å²) >= 11 is 0. The molecular weight excluding hydrogens is 448 g/mol. The van der Waals surface area contributed by atoms with Crippen LogP contribution in [0.15, 0.2) is 29.3 Å². The Balaban J connectivity index is 0.00000312. The summed E-state index contributed by atoms with van der Waals surface area (Å²) in [4.78, 5) is 6.60. The number of nitrogens with two attached hydrogens (primary N) is 1. The molecule has 0 aliphatic carbocycles. The first-order valence-electron chi connectivity index (χ1n) is 7.97. The van der Waals surface area contributed by atoms with E-state index >= 15 is 0 Å². The zero-order chi connectivity index (χ0) is 17.6. The van der Waals surface area contributed by atoms with Gasteiger partial charge in [0.2, 0.25) is 0 Å². The molecule has 1 unspecified atom stereocenters. The summed E-state index contributed by atoms with van der Waals surface area (Å²) < 4.78 is 41.1. The number of benzene rings is 1. The fraction of sp³-hybridized carbons (Fsp3) is 0.562. The number of ether oxygens (including phenoxy) is 1. The topological polar surface area (TPSA) is 62.9 Å². The van der Waals surface area contributed by atoms with E-state index in [1.807, 2.05) is 0 Å². The van der Waals surface area contributed by atoms with Crippen LogP contribution >= 0.6 is 24.0 Å². The minimum absolute atomic E-state index is 0. The van der Waals surface area contributed by atoms with Gasteiger partial charge in [0, 0.05) is 13.1 Å². The van der Waals surface area contributed by atoms with E-state index in [2.05, 4.69) is 26.9 Å². The largest absolute Gasteiger partial charge is 0.573 e. The fourth-order valence-corrected chi connectivity index (χ4v) is 2.68. The van der Waals surface area contributed by atoms with Crippen LogP contribution < -0.4 is 15.8 Å². The molecule has 1 aromatic carbocycles. The number of rotatable bonds is 6. The van der Waals surface area contributed by atoms with E-state index in [-0.39, 0.29) is 41.4 Å². The van der Waals surface area contributed by atoms with Gasteiger partial charge in [0.15, 0.2) is 11.7 Å². The predicted octanol–water partition coefficient (Wildman–Crippen LogP) is 3.66. The maximum atomic E-state index is 12.4. The third-order valence-corrected chi connectivity index (χ3v) is 3.72. The van der Waals surface area contributed by atoms with Crippen molar-refractivity contribution in [1.82, 2.24) is 4.90 Å². The number of nitrogens with zero attached hydrogens (tertiary/aromatic N) is 2. The van der Waals surface area contributed by atoms with Crippen molar-refractivity contribution in [3.05, 3.63) is 24.3 Å². The Morgan fingerprint density at radius 1 is 1.32 bits per heavy atom. The number of hydrogen-bond acceptors (Lipinski definition) is 3. The lowest BCUT2D eigenvalue weighted by Gasteiger charge is -2.19. The van der Waals surface area contributed by atoms with E-state index in [0.29, 0.717) is 12.5 Å². The SMILES string of the molecule is CC(CN=C(N)Nc1ccccc1OC(F)(F)F)CN1CCCC1.I. The maximum absolute atomic E-state index is 12.4. The van der Waals surface area contributed by atoms with Crippen molar-refractivity contribution in [2.45, 2.75) is 26.1 Å². The molecule has 5 nitrogen and oxygen atoms in total. The van der Waals surface area contributed by atoms with E-state index in [1.54, 1.807) is 6.07 Å². The number of anilines is 1. The van der Waals surface area contributed by atoms with Crippen LogP contribution in [0, 0.1) is 5.92 Å². The summed E-state index contributed by atoms with van der Waals surface area (Å²) in [6.07, 6.45) is -2.29. The average Bonchev–Trinajstić information content (AvgIpc) is 2.99. The van der Waals surface area contributed by atoms with Crippen molar-refractivity contribution in [3.8, 4) is 5.75 Å². The second-order valence-electron chi connectivity index (χ2n) is 6.01. The molecule has 1 aliphatic rings. The molecule has 1 aromatic rings. The lowest BCUT2D eigenvalue weighted by Crippen LogP contribution is -2.29. The number of aliphatic imine (C=N–C) groups is 1. The number of guanidine groups is 1. The molecular formula is C16H24F3IN4O. The van der Waals surface area contributed by atoms with Gasteiger partial charge in [0.05, 0.1) is 5.69 Å². The second-order valence-corrected chi connectivity index (χ2v) is 6.01. The lowest BCUT2D eigenvalue weighted by molar-refractivity contribution is -0.274. The van der Waals surface area contributed by atoms with E-state index < -0.39 is 6.36 Å². The molecule has 2 rings (SSSR count). The molecule has 142 valence electrons. The van der Waals surface area contributed by atoms with Crippen LogP contribution in [0.2, 0.25) is 0 Å². The van der Waals surface area contributed by atoms with Crippen molar-refractivity contribution in [2.24, 2.45) is 16.6 Å². The van der Waals surface area contributed by atoms with Gasteiger partial charge in [0.25, 0.3) is 0 Å². The van der Waals surface area contributed by atoms with E-state index in [4.69, 9.17) is 5.73 Å². The molecule has 0 bridgehead atoms. The first kappa shape index (κ1) is 21.8. The average molecular weight is 472 g/mol. The molecule has 1 aliphatic heterocycles. The predicted molar refractivity (Wildman–Crippen MR) is 103 cm³/mol. The highest BCUT2D eigenvalue weighted by Gasteiger charge is 2.32. The first-order valence-corrected chi connectivity index (χ1v) is 7.97. The number of nitrogens with one attached hydrogen (secondary N) is 1. The van der Waals surface area contributed by atoms with Gasteiger partial charge in [0.1, 0.15) is 0 Å². The smallest absolute Gasteiger partial charge is 0.404 e. The molecule has 0 radical (unpaired) electrons. The second kappa shape index (κ2) is 10.0. The van der Waals surface area contributed by atoms with Gasteiger partial charge in [-0.2, -0.15) is 0 Å². The molecule has 1 heterocycles. The summed E-state index contributed by atoms with van der Waals surface area (Å²) in [5.41, 5.74) is 5.91. The molecule has 25 heavy (non-hydrogen) atoms. The quantitative estimate of drug-likeness (QED) is 0.377. The van der Waals surface area contributed by atoms with E-state index in [9.17, 15) is 13.2 Å². The van der Waals surface area contributed by atoms with Crippen LogP contribution in [0.25, 0.3) is 0 Å². The first-order chi connectivity index (χ1) is 11.3. The summed E-state index contributed by atoms with van der Waals surface area (Å²) in [6, 6.07) is 5.72. The lowest BCUT2D eigenvalue weighted by atomic mass is 10.2. The highest BCUT2D eigenvalue weighted by atomic mass is 127. The number of alkyl halides is 3. The Hall–Kier alpha value is -1.23.